The quantitative estimate of drug-likeness (QED) is 0.456. The zero-order chi connectivity index (χ0) is 15.8. The van der Waals surface area contributed by atoms with Crippen LogP contribution in [0, 0.1) is 13.8 Å². The van der Waals surface area contributed by atoms with E-state index >= 15 is 0 Å². The minimum atomic E-state index is 0.296. The van der Waals surface area contributed by atoms with Gasteiger partial charge in [0, 0.05) is 31.9 Å². The van der Waals surface area contributed by atoms with E-state index in [1.807, 2.05) is 6.92 Å². The van der Waals surface area contributed by atoms with Crippen LogP contribution in [-0.2, 0) is 11.3 Å². The van der Waals surface area contributed by atoms with Crippen LogP contribution in [0.2, 0.25) is 0 Å². The fraction of sp³-hybridized carbons (Fsp3) is 0.750. The van der Waals surface area contributed by atoms with Gasteiger partial charge in [-0.05, 0) is 46.1 Å². The summed E-state index contributed by atoms with van der Waals surface area (Å²) in [4.78, 5) is 4.61. The van der Waals surface area contributed by atoms with Gasteiger partial charge in [-0.1, -0.05) is 0 Å². The van der Waals surface area contributed by atoms with Gasteiger partial charge in [-0.2, -0.15) is 5.10 Å². The van der Waals surface area contributed by atoms with Crippen LogP contribution in [0.25, 0.3) is 0 Å². The number of aromatic nitrogens is 2. The molecule has 0 bridgehead atoms. The highest BCUT2D eigenvalue weighted by Crippen LogP contribution is 2.11. The van der Waals surface area contributed by atoms with Crippen molar-refractivity contribution in [3.63, 3.8) is 0 Å². The Hall–Kier alpha value is -1.56. The van der Waals surface area contributed by atoms with Crippen molar-refractivity contribution in [3.8, 4) is 0 Å². The molecule has 0 saturated carbocycles. The monoisotopic (exact) mass is 307 g/mol. The van der Waals surface area contributed by atoms with E-state index in [1.54, 1.807) is 0 Å². The number of nitrogens with one attached hydrogen (secondary N) is 2. The molecule has 1 saturated heterocycles. The predicted octanol–water partition coefficient (Wildman–Crippen LogP) is 1.62. The van der Waals surface area contributed by atoms with Gasteiger partial charge >= 0.3 is 0 Å². The van der Waals surface area contributed by atoms with Crippen LogP contribution in [0.4, 0.5) is 0 Å². The zero-order valence-electron chi connectivity index (χ0n) is 14.1. The normalized spacial score (nSPS) is 18.7. The van der Waals surface area contributed by atoms with Crippen LogP contribution < -0.4 is 10.6 Å². The first kappa shape index (κ1) is 16.8. The number of aryl methyl sites for hydroxylation is 3. The Morgan fingerprint density at radius 2 is 2.32 bits per heavy atom. The SMILES string of the molecule is CCNC(=NCC1CCCO1)NCCCn1nc(C)cc1C. The molecule has 0 spiro atoms. The van der Waals surface area contributed by atoms with Gasteiger partial charge in [0.15, 0.2) is 5.96 Å². The summed E-state index contributed by atoms with van der Waals surface area (Å²) in [7, 11) is 0. The molecule has 1 atom stereocenters. The first-order chi connectivity index (χ1) is 10.7. The van der Waals surface area contributed by atoms with Gasteiger partial charge in [-0.15, -0.1) is 0 Å². The number of hydrogen-bond acceptors (Lipinski definition) is 3. The standard InChI is InChI=1S/C16H29N5O/c1-4-17-16(19-12-15-7-5-10-22-15)18-8-6-9-21-14(3)11-13(2)20-21/h11,15H,4-10,12H2,1-3H3,(H2,17,18,19). The van der Waals surface area contributed by atoms with Gasteiger partial charge in [0.25, 0.3) is 0 Å². The van der Waals surface area contributed by atoms with Gasteiger partial charge in [0.2, 0.25) is 0 Å². The number of rotatable bonds is 7. The molecule has 1 aromatic heterocycles. The largest absolute Gasteiger partial charge is 0.376 e. The van der Waals surface area contributed by atoms with Crippen molar-refractivity contribution < 1.29 is 4.74 Å². The molecule has 1 aliphatic rings. The molecule has 1 aromatic rings. The van der Waals surface area contributed by atoms with Crippen molar-refractivity contribution in [3.05, 3.63) is 17.5 Å². The van der Waals surface area contributed by atoms with Crippen LogP contribution in [0.15, 0.2) is 11.1 Å². The molecule has 124 valence electrons. The van der Waals surface area contributed by atoms with E-state index in [-0.39, 0.29) is 0 Å². The summed E-state index contributed by atoms with van der Waals surface area (Å²) in [5, 5.41) is 11.1. The highest BCUT2D eigenvalue weighted by molar-refractivity contribution is 5.79. The maximum Gasteiger partial charge on any atom is 0.191 e. The second-order valence-corrected chi connectivity index (χ2v) is 5.79. The number of guanidine groups is 1. The van der Waals surface area contributed by atoms with Crippen molar-refractivity contribution in [2.75, 3.05) is 26.2 Å². The molecule has 1 aliphatic heterocycles. The van der Waals surface area contributed by atoms with Gasteiger partial charge < -0.3 is 15.4 Å². The lowest BCUT2D eigenvalue weighted by Crippen LogP contribution is -2.38. The number of ether oxygens (including phenoxy) is 1. The zero-order valence-corrected chi connectivity index (χ0v) is 14.1. The number of hydrogen-bond donors (Lipinski definition) is 2. The van der Waals surface area contributed by atoms with Gasteiger partial charge in [-0.25, -0.2) is 0 Å². The van der Waals surface area contributed by atoms with E-state index in [9.17, 15) is 0 Å². The maximum atomic E-state index is 5.61. The van der Waals surface area contributed by atoms with Gasteiger partial charge in [0.05, 0.1) is 18.3 Å². The van der Waals surface area contributed by atoms with Gasteiger partial charge in [0.1, 0.15) is 0 Å². The summed E-state index contributed by atoms with van der Waals surface area (Å²) >= 11 is 0. The minimum absolute atomic E-state index is 0.296. The Balaban J connectivity index is 1.71. The Morgan fingerprint density at radius 3 is 2.95 bits per heavy atom. The Labute approximate surface area is 133 Å². The van der Waals surface area contributed by atoms with Crippen molar-refractivity contribution in [2.24, 2.45) is 4.99 Å². The maximum absolute atomic E-state index is 5.61. The molecule has 6 heteroatoms. The van der Waals surface area contributed by atoms with Crippen LogP contribution >= 0.6 is 0 Å². The number of nitrogens with zero attached hydrogens (tertiary/aromatic N) is 3. The smallest absolute Gasteiger partial charge is 0.191 e. The third-order valence-electron chi connectivity index (χ3n) is 3.76. The summed E-state index contributed by atoms with van der Waals surface area (Å²) in [6.45, 7) is 10.5. The third kappa shape index (κ3) is 5.33. The van der Waals surface area contributed by atoms with Crippen molar-refractivity contribution >= 4 is 5.96 Å². The Kier molecular flexibility index (Phi) is 6.71. The molecule has 2 rings (SSSR count). The van der Waals surface area contributed by atoms with E-state index in [4.69, 9.17) is 4.74 Å². The summed E-state index contributed by atoms with van der Waals surface area (Å²) in [6, 6.07) is 2.11. The fourth-order valence-electron chi connectivity index (χ4n) is 2.66. The van der Waals surface area contributed by atoms with Crippen molar-refractivity contribution in [1.82, 2.24) is 20.4 Å². The summed E-state index contributed by atoms with van der Waals surface area (Å²) in [5.41, 5.74) is 2.30. The first-order valence-electron chi connectivity index (χ1n) is 8.34. The van der Waals surface area contributed by atoms with E-state index in [2.05, 4.69) is 45.3 Å². The van der Waals surface area contributed by atoms with Crippen molar-refractivity contribution in [1.29, 1.82) is 0 Å². The molecule has 0 aromatic carbocycles. The highest BCUT2D eigenvalue weighted by Gasteiger charge is 2.14. The Bertz CT molecular complexity index is 477. The first-order valence-corrected chi connectivity index (χ1v) is 8.34. The molecule has 1 fully saturated rings. The average molecular weight is 307 g/mol. The second kappa shape index (κ2) is 8.78. The van der Waals surface area contributed by atoms with Crippen LogP contribution in [0.3, 0.4) is 0 Å². The van der Waals surface area contributed by atoms with Crippen molar-refractivity contribution in [2.45, 2.75) is 52.7 Å². The molecular weight excluding hydrogens is 278 g/mol. The number of aliphatic imine (C=N–C) groups is 1. The summed E-state index contributed by atoms with van der Waals surface area (Å²) in [5.74, 6) is 0.881. The molecule has 6 nitrogen and oxygen atoms in total. The molecule has 0 aliphatic carbocycles. The van der Waals surface area contributed by atoms with Crippen LogP contribution in [0.5, 0.6) is 0 Å². The van der Waals surface area contributed by atoms with E-state index in [1.165, 1.54) is 5.69 Å². The Morgan fingerprint density at radius 1 is 1.45 bits per heavy atom. The fourth-order valence-corrected chi connectivity index (χ4v) is 2.66. The predicted molar refractivity (Wildman–Crippen MR) is 89.3 cm³/mol. The molecule has 0 radical (unpaired) electrons. The molecule has 1 unspecified atom stereocenters. The topological polar surface area (TPSA) is 63.5 Å². The molecular formula is C16H29N5O. The lowest BCUT2D eigenvalue weighted by atomic mass is 10.2. The molecule has 2 heterocycles. The lowest BCUT2D eigenvalue weighted by molar-refractivity contribution is 0.117. The van der Waals surface area contributed by atoms with E-state index in [0.717, 1.165) is 63.7 Å². The van der Waals surface area contributed by atoms with Crippen LogP contribution in [-0.4, -0.2) is 48.1 Å². The van der Waals surface area contributed by atoms with E-state index < -0.39 is 0 Å². The minimum Gasteiger partial charge on any atom is -0.376 e. The summed E-state index contributed by atoms with van der Waals surface area (Å²) < 4.78 is 7.67. The highest BCUT2D eigenvalue weighted by atomic mass is 16.5. The molecule has 2 N–H and O–H groups in total. The van der Waals surface area contributed by atoms with Crippen LogP contribution in [0.1, 0.15) is 37.6 Å². The van der Waals surface area contributed by atoms with Gasteiger partial charge in [-0.3, -0.25) is 9.67 Å². The second-order valence-electron chi connectivity index (χ2n) is 5.79. The average Bonchev–Trinajstić information content (AvgIpc) is 3.10. The third-order valence-corrected chi connectivity index (χ3v) is 3.76. The van der Waals surface area contributed by atoms with E-state index in [0.29, 0.717) is 6.10 Å². The molecule has 22 heavy (non-hydrogen) atoms. The summed E-state index contributed by atoms with van der Waals surface area (Å²) in [6.07, 6.45) is 3.60. The molecule has 0 amide bonds. The lowest BCUT2D eigenvalue weighted by Gasteiger charge is -2.13.